The summed E-state index contributed by atoms with van der Waals surface area (Å²) >= 11 is 2.23. The predicted octanol–water partition coefficient (Wildman–Crippen LogP) is 2.61. The molecule has 0 amide bonds. The average molecular weight is 346 g/mol. The molecule has 1 aliphatic heterocycles. The SMILES string of the molecule is CCc1nc(N2CCCCCC2)nc(N)c1I. The standard InChI is InChI=1S/C12H19IN4/c1-2-9-10(13)11(14)16-12(15-9)17-7-5-3-4-6-8-17/h2-8H2,1H3,(H2,14,15,16). The summed E-state index contributed by atoms with van der Waals surface area (Å²) in [5, 5.41) is 0. The lowest BCUT2D eigenvalue weighted by molar-refractivity contribution is 0.726. The molecular weight excluding hydrogens is 327 g/mol. The monoisotopic (exact) mass is 346 g/mol. The summed E-state index contributed by atoms with van der Waals surface area (Å²) in [7, 11) is 0. The Morgan fingerprint density at radius 1 is 1.18 bits per heavy atom. The minimum Gasteiger partial charge on any atom is -0.383 e. The van der Waals surface area contributed by atoms with Crippen LogP contribution in [0.15, 0.2) is 0 Å². The van der Waals surface area contributed by atoms with E-state index in [-0.39, 0.29) is 0 Å². The lowest BCUT2D eigenvalue weighted by Gasteiger charge is -2.21. The molecule has 1 saturated heterocycles. The summed E-state index contributed by atoms with van der Waals surface area (Å²) in [6.07, 6.45) is 6.01. The van der Waals surface area contributed by atoms with E-state index in [9.17, 15) is 0 Å². The van der Waals surface area contributed by atoms with E-state index in [0.717, 1.165) is 34.7 Å². The number of nitrogens with zero attached hydrogens (tertiary/aromatic N) is 3. The zero-order chi connectivity index (χ0) is 12.3. The summed E-state index contributed by atoms with van der Waals surface area (Å²) in [6, 6.07) is 0. The Kier molecular flexibility index (Phi) is 4.42. The molecule has 0 aromatic carbocycles. The van der Waals surface area contributed by atoms with Gasteiger partial charge in [0, 0.05) is 13.1 Å². The zero-order valence-electron chi connectivity index (χ0n) is 10.2. The van der Waals surface area contributed by atoms with Crippen LogP contribution in [-0.2, 0) is 6.42 Å². The van der Waals surface area contributed by atoms with Crippen molar-refractivity contribution in [1.82, 2.24) is 9.97 Å². The summed E-state index contributed by atoms with van der Waals surface area (Å²) in [5.41, 5.74) is 7.02. The smallest absolute Gasteiger partial charge is 0.227 e. The fraction of sp³-hybridized carbons (Fsp3) is 0.667. The Balaban J connectivity index is 2.27. The lowest BCUT2D eigenvalue weighted by atomic mass is 10.2. The Labute approximate surface area is 116 Å². The van der Waals surface area contributed by atoms with Crippen LogP contribution in [0.3, 0.4) is 0 Å². The van der Waals surface area contributed by atoms with Gasteiger partial charge in [-0.1, -0.05) is 19.8 Å². The molecule has 0 unspecified atom stereocenters. The lowest BCUT2D eigenvalue weighted by Crippen LogP contribution is -2.27. The number of rotatable bonds is 2. The van der Waals surface area contributed by atoms with Crippen LogP contribution >= 0.6 is 22.6 Å². The van der Waals surface area contributed by atoms with E-state index in [0.29, 0.717) is 5.82 Å². The first-order valence-corrected chi connectivity index (χ1v) is 7.37. The Hall–Kier alpha value is -0.590. The molecule has 2 heterocycles. The Bertz CT molecular complexity index is 386. The molecule has 0 bridgehead atoms. The number of nitrogen functional groups attached to an aromatic ring is 1. The maximum Gasteiger partial charge on any atom is 0.227 e. The number of aromatic nitrogens is 2. The molecule has 1 fully saturated rings. The molecule has 4 nitrogen and oxygen atoms in total. The number of hydrogen-bond acceptors (Lipinski definition) is 4. The van der Waals surface area contributed by atoms with E-state index in [1.807, 2.05) is 0 Å². The van der Waals surface area contributed by atoms with Crippen LogP contribution in [0.4, 0.5) is 11.8 Å². The number of aryl methyl sites for hydroxylation is 1. The molecule has 0 atom stereocenters. The van der Waals surface area contributed by atoms with Gasteiger partial charge in [-0.15, -0.1) is 0 Å². The number of halogens is 1. The van der Waals surface area contributed by atoms with Crippen molar-refractivity contribution in [3.63, 3.8) is 0 Å². The van der Waals surface area contributed by atoms with E-state index in [2.05, 4.69) is 44.4 Å². The van der Waals surface area contributed by atoms with Crippen LogP contribution in [0.5, 0.6) is 0 Å². The van der Waals surface area contributed by atoms with Crippen molar-refractivity contribution in [3.05, 3.63) is 9.26 Å². The zero-order valence-corrected chi connectivity index (χ0v) is 12.4. The van der Waals surface area contributed by atoms with Crippen molar-refractivity contribution in [2.24, 2.45) is 0 Å². The normalized spacial score (nSPS) is 16.9. The molecule has 94 valence electrons. The van der Waals surface area contributed by atoms with Crippen LogP contribution in [0, 0.1) is 3.57 Å². The maximum atomic E-state index is 5.96. The van der Waals surface area contributed by atoms with E-state index in [1.165, 1.54) is 25.7 Å². The molecule has 0 aliphatic carbocycles. The summed E-state index contributed by atoms with van der Waals surface area (Å²) in [6.45, 7) is 4.22. The molecule has 1 aliphatic rings. The third-order valence-electron chi connectivity index (χ3n) is 3.16. The van der Waals surface area contributed by atoms with Gasteiger partial charge in [-0.25, -0.2) is 4.98 Å². The highest BCUT2D eigenvalue weighted by Gasteiger charge is 2.15. The quantitative estimate of drug-likeness (QED) is 0.837. The van der Waals surface area contributed by atoms with Gasteiger partial charge in [-0.3, -0.25) is 0 Å². The highest BCUT2D eigenvalue weighted by molar-refractivity contribution is 14.1. The molecular formula is C12H19IN4. The van der Waals surface area contributed by atoms with Crippen molar-refractivity contribution < 1.29 is 0 Å². The van der Waals surface area contributed by atoms with Gasteiger partial charge in [0.2, 0.25) is 5.95 Å². The first kappa shape index (κ1) is 12.9. The highest BCUT2D eigenvalue weighted by atomic mass is 127. The van der Waals surface area contributed by atoms with Crippen LogP contribution in [0.1, 0.15) is 38.3 Å². The van der Waals surface area contributed by atoms with Gasteiger partial charge in [-0.2, -0.15) is 4.98 Å². The Morgan fingerprint density at radius 2 is 1.82 bits per heavy atom. The molecule has 17 heavy (non-hydrogen) atoms. The van der Waals surface area contributed by atoms with E-state index in [1.54, 1.807) is 0 Å². The summed E-state index contributed by atoms with van der Waals surface area (Å²) in [4.78, 5) is 11.4. The van der Waals surface area contributed by atoms with Crippen molar-refractivity contribution >= 4 is 34.4 Å². The average Bonchev–Trinajstić information content (AvgIpc) is 2.61. The van der Waals surface area contributed by atoms with Gasteiger partial charge < -0.3 is 10.6 Å². The summed E-state index contributed by atoms with van der Waals surface area (Å²) < 4.78 is 1.00. The van der Waals surface area contributed by atoms with Gasteiger partial charge >= 0.3 is 0 Å². The van der Waals surface area contributed by atoms with E-state index >= 15 is 0 Å². The van der Waals surface area contributed by atoms with Crippen molar-refractivity contribution in [2.75, 3.05) is 23.7 Å². The molecule has 1 aromatic heterocycles. The third-order valence-corrected chi connectivity index (χ3v) is 4.33. The largest absolute Gasteiger partial charge is 0.383 e. The van der Waals surface area contributed by atoms with Crippen LogP contribution in [-0.4, -0.2) is 23.1 Å². The topological polar surface area (TPSA) is 55.0 Å². The first-order valence-electron chi connectivity index (χ1n) is 6.29. The fourth-order valence-electron chi connectivity index (χ4n) is 2.15. The van der Waals surface area contributed by atoms with Crippen molar-refractivity contribution in [1.29, 1.82) is 0 Å². The maximum absolute atomic E-state index is 5.96. The molecule has 0 radical (unpaired) electrons. The summed E-state index contributed by atoms with van der Waals surface area (Å²) in [5.74, 6) is 1.44. The second kappa shape index (κ2) is 5.84. The van der Waals surface area contributed by atoms with Gasteiger partial charge in [0.1, 0.15) is 5.82 Å². The van der Waals surface area contributed by atoms with Crippen molar-refractivity contribution in [3.8, 4) is 0 Å². The van der Waals surface area contributed by atoms with E-state index < -0.39 is 0 Å². The van der Waals surface area contributed by atoms with Gasteiger partial charge in [0.25, 0.3) is 0 Å². The molecule has 2 rings (SSSR count). The molecule has 2 N–H and O–H groups in total. The van der Waals surface area contributed by atoms with E-state index in [4.69, 9.17) is 5.73 Å². The predicted molar refractivity (Wildman–Crippen MR) is 79.2 cm³/mol. The third kappa shape index (κ3) is 3.00. The molecule has 5 heteroatoms. The Morgan fingerprint density at radius 3 is 2.41 bits per heavy atom. The minimum absolute atomic E-state index is 0.622. The molecule has 0 spiro atoms. The number of hydrogen-bond donors (Lipinski definition) is 1. The second-order valence-electron chi connectivity index (χ2n) is 4.42. The fourth-order valence-corrected chi connectivity index (χ4v) is 2.77. The highest BCUT2D eigenvalue weighted by Crippen LogP contribution is 2.22. The van der Waals surface area contributed by atoms with Crippen LogP contribution < -0.4 is 10.6 Å². The van der Waals surface area contributed by atoms with Crippen molar-refractivity contribution in [2.45, 2.75) is 39.0 Å². The van der Waals surface area contributed by atoms with Gasteiger partial charge in [0.05, 0.1) is 9.26 Å². The van der Waals surface area contributed by atoms with Crippen LogP contribution in [0.2, 0.25) is 0 Å². The first-order chi connectivity index (χ1) is 8.22. The number of anilines is 2. The van der Waals surface area contributed by atoms with Crippen LogP contribution in [0.25, 0.3) is 0 Å². The second-order valence-corrected chi connectivity index (χ2v) is 5.50. The number of nitrogens with two attached hydrogens (primary N) is 1. The minimum atomic E-state index is 0.622. The molecule has 1 aromatic rings. The molecule has 0 saturated carbocycles. The van der Waals surface area contributed by atoms with Gasteiger partial charge in [-0.05, 0) is 41.9 Å². The van der Waals surface area contributed by atoms with Gasteiger partial charge in [0.15, 0.2) is 0 Å².